The van der Waals surface area contributed by atoms with Crippen LogP contribution in [0.3, 0.4) is 0 Å². The minimum absolute atomic E-state index is 0.105. The molecule has 1 amide bonds. The van der Waals surface area contributed by atoms with Crippen LogP contribution in [0.4, 0.5) is 0 Å². The molecule has 0 radical (unpaired) electrons. The van der Waals surface area contributed by atoms with Crippen LogP contribution in [0.2, 0.25) is 0 Å². The summed E-state index contributed by atoms with van der Waals surface area (Å²) in [5.74, 6) is 0.105. The highest BCUT2D eigenvalue weighted by atomic mass is 16.2. The summed E-state index contributed by atoms with van der Waals surface area (Å²) < 4.78 is 0. The molecular formula is C16H25NO. The van der Waals surface area contributed by atoms with Crippen molar-refractivity contribution in [3.8, 4) is 0 Å². The van der Waals surface area contributed by atoms with E-state index in [-0.39, 0.29) is 5.91 Å². The molecule has 1 aromatic rings. The number of rotatable bonds is 5. The van der Waals surface area contributed by atoms with E-state index in [1.165, 1.54) is 5.56 Å². The molecule has 0 spiro atoms. The van der Waals surface area contributed by atoms with Crippen molar-refractivity contribution in [1.29, 1.82) is 0 Å². The van der Waals surface area contributed by atoms with E-state index in [2.05, 4.69) is 26.8 Å². The molecule has 0 heterocycles. The van der Waals surface area contributed by atoms with Gasteiger partial charge in [0, 0.05) is 19.2 Å². The van der Waals surface area contributed by atoms with E-state index in [1.807, 2.05) is 32.2 Å². The maximum atomic E-state index is 12.1. The molecule has 18 heavy (non-hydrogen) atoms. The highest BCUT2D eigenvalue weighted by Gasteiger charge is 2.17. The summed E-state index contributed by atoms with van der Waals surface area (Å²) >= 11 is 0. The van der Waals surface area contributed by atoms with Crippen LogP contribution in [0.1, 0.15) is 50.0 Å². The molecule has 0 atom stereocenters. The summed E-state index contributed by atoms with van der Waals surface area (Å²) in [6.07, 6.45) is 2.15. The first-order valence-electron chi connectivity index (χ1n) is 6.74. The lowest BCUT2D eigenvalue weighted by Crippen LogP contribution is -2.26. The first-order chi connectivity index (χ1) is 8.39. The van der Waals surface area contributed by atoms with Gasteiger partial charge in [-0.15, -0.1) is 0 Å². The fraction of sp³-hybridized carbons (Fsp3) is 0.562. The number of carbonyl (C=O) groups excluding carboxylic acids is 1. The molecule has 0 unspecified atom stereocenters. The third kappa shape index (κ3) is 3.86. The Balaban J connectivity index is 2.89. The zero-order valence-corrected chi connectivity index (χ0v) is 12.3. The van der Waals surface area contributed by atoms with E-state index < -0.39 is 0 Å². The number of benzene rings is 1. The summed E-state index contributed by atoms with van der Waals surface area (Å²) in [6, 6.07) is 8.03. The second-order valence-corrected chi connectivity index (χ2v) is 5.71. The maximum absolute atomic E-state index is 12.1. The largest absolute Gasteiger partial charge is 0.342 e. The van der Waals surface area contributed by atoms with Gasteiger partial charge >= 0.3 is 0 Å². The monoisotopic (exact) mass is 247 g/mol. The summed E-state index contributed by atoms with van der Waals surface area (Å²) in [5, 5.41) is 0. The third-order valence-electron chi connectivity index (χ3n) is 3.63. The van der Waals surface area contributed by atoms with Crippen LogP contribution in [0, 0.1) is 5.41 Å². The van der Waals surface area contributed by atoms with Crippen LogP contribution in [0.5, 0.6) is 0 Å². The molecule has 1 rings (SSSR count). The maximum Gasteiger partial charge on any atom is 0.253 e. The molecule has 0 saturated heterocycles. The van der Waals surface area contributed by atoms with E-state index >= 15 is 0 Å². The molecule has 0 aliphatic heterocycles. The molecule has 0 N–H and O–H groups in total. The lowest BCUT2D eigenvalue weighted by Gasteiger charge is -2.23. The van der Waals surface area contributed by atoms with E-state index in [9.17, 15) is 4.79 Å². The molecule has 0 bridgehead atoms. The zero-order chi connectivity index (χ0) is 13.8. The minimum atomic E-state index is 0.105. The van der Waals surface area contributed by atoms with Crippen molar-refractivity contribution < 1.29 is 4.79 Å². The zero-order valence-electron chi connectivity index (χ0n) is 12.3. The summed E-state index contributed by atoms with van der Waals surface area (Å²) in [7, 11) is 1.84. The van der Waals surface area contributed by atoms with Gasteiger partial charge in [0.25, 0.3) is 5.91 Å². The second-order valence-electron chi connectivity index (χ2n) is 5.71. The number of hydrogen-bond acceptors (Lipinski definition) is 1. The normalized spacial score (nSPS) is 11.4. The van der Waals surface area contributed by atoms with Gasteiger partial charge in [0.1, 0.15) is 0 Å². The Morgan fingerprint density at radius 1 is 1.28 bits per heavy atom. The van der Waals surface area contributed by atoms with Gasteiger partial charge in [0.2, 0.25) is 0 Å². The van der Waals surface area contributed by atoms with E-state index in [0.717, 1.165) is 24.9 Å². The van der Waals surface area contributed by atoms with Gasteiger partial charge in [-0.05, 0) is 36.5 Å². The van der Waals surface area contributed by atoms with Crippen LogP contribution < -0.4 is 0 Å². The van der Waals surface area contributed by atoms with Crippen molar-refractivity contribution in [2.24, 2.45) is 5.41 Å². The van der Waals surface area contributed by atoms with Gasteiger partial charge in [-0.1, -0.05) is 39.3 Å². The smallest absolute Gasteiger partial charge is 0.253 e. The lowest BCUT2D eigenvalue weighted by atomic mass is 9.83. The number of amides is 1. The predicted molar refractivity (Wildman–Crippen MR) is 76.9 cm³/mol. The van der Waals surface area contributed by atoms with Crippen molar-refractivity contribution in [3.63, 3.8) is 0 Å². The van der Waals surface area contributed by atoms with Crippen LogP contribution in [0.15, 0.2) is 24.3 Å². The number of nitrogens with zero attached hydrogens (tertiary/aromatic N) is 1. The molecule has 1 aromatic carbocycles. The molecule has 2 heteroatoms. The van der Waals surface area contributed by atoms with Gasteiger partial charge in [-0.3, -0.25) is 4.79 Å². The number of hydrogen-bond donors (Lipinski definition) is 0. The fourth-order valence-electron chi connectivity index (χ4n) is 1.86. The van der Waals surface area contributed by atoms with Crippen LogP contribution in [0.25, 0.3) is 0 Å². The minimum Gasteiger partial charge on any atom is -0.342 e. The standard InChI is InChI=1S/C16H25NO/c1-6-16(3,4)12-13-9-8-10-14(11-13)15(18)17(5)7-2/h8-11H,6-7,12H2,1-5H3. The Labute approximate surface area is 111 Å². The topological polar surface area (TPSA) is 20.3 Å². The molecule has 0 saturated carbocycles. The Bertz CT molecular complexity index is 409. The van der Waals surface area contributed by atoms with Gasteiger partial charge < -0.3 is 4.90 Å². The second kappa shape index (κ2) is 6.03. The Hall–Kier alpha value is -1.31. The molecule has 0 aliphatic rings. The highest BCUT2D eigenvalue weighted by molar-refractivity contribution is 5.94. The van der Waals surface area contributed by atoms with Gasteiger partial charge in [-0.25, -0.2) is 0 Å². The summed E-state index contributed by atoms with van der Waals surface area (Å²) in [6.45, 7) is 9.46. The molecule has 0 aliphatic carbocycles. The average molecular weight is 247 g/mol. The van der Waals surface area contributed by atoms with Crippen molar-refractivity contribution in [2.75, 3.05) is 13.6 Å². The van der Waals surface area contributed by atoms with Crippen molar-refractivity contribution in [1.82, 2.24) is 4.90 Å². The molecular weight excluding hydrogens is 222 g/mol. The highest BCUT2D eigenvalue weighted by Crippen LogP contribution is 2.25. The van der Waals surface area contributed by atoms with Gasteiger partial charge in [0.05, 0.1) is 0 Å². The molecule has 2 nitrogen and oxygen atoms in total. The summed E-state index contributed by atoms with van der Waals surface area (Å²) in [4.78, 5) is 13.8. The van der Waals surface area contributed by atoms with Gasteiger partial charge in [0.15, 0.2) is 0 Å². The van der Waals surface area contributed by atoms with E-state index in [0.29, 0.717) is 5.41 Å². The quantitative estimate of drug-likeness (QED) is 0.776. The van der Waals surface area contributed by atoms with E-state index in [4.69, 9.17) is 0 Å². The van der Waals surface area contributed by atoms with Gasteiger partial charge in [-0.2, -0.15) is 0 Å². The first-order valence-corrected chi connectivity index (χ1v) is 6.74. The Kier molecular flexibility index (Phi) is 4.94. The number of carbonyl (C=O) groups is 1. The summed E-state index contributed by atoms with van der Waals surface area (Å²) in [5.41, 5.74) is 2.33. The lowest BCUT2D eigenvalue weighted by molar-refractivity contribution is 0.0802. The van der Waals surface area contributed by atoms with Crippen LogP contribution in [-0.2, 0) is 6.42 Å². The predicted octanol–water partition coefficient (Wildman–Crippen LogP) is 3.76. The first kappa shape index (κ1) is 14.7. The molecule has 100 valence electrons. The van der Waals surface area contributed by atoms with Crippen LogP contribution in [-0.4, -0.2) is 24.4 Å². The molecule has 0 aromatic heterocycles. The van der Waals surface area contributed by atoms with E-state index in [1.54, 1.807) is 4.90 Å². The molecule has 0 fully saturated rings. The fourth-order valence-corrected chi connectivity index (χ4v) is 1.86. The Morgan fingerprint density at radius 3 is 2.50 bits per heavy atom. The average Bonchev–Trinajstić information content (AvgIpc) is 2.36. The Morgan fingerprint density at radius 2 is 1.94 bits per heavy atom. The van der Waals surface area contributed by atoms with Crippen LogP contribution >= 0.6 is 0 Å². The van der Waals surface area contributed by atoms with Crippen molar-refractivity contribution in [2.45, 2.75) is 40.5 Å². The SMILES string of the molecule is CCN(C)C(=O)c1cccc(CC(C)(C)CC)c1. The third-order valence-corrected chi connectivity index (χ3v) is 3.63. The van der Waals surface area contributed by atoms with Crippen molar-refractivity contribution in [3.05, 3.63) is 35.4 Å². The van der Waals surface area contributed by atoms with Crippen molar-refractivity contribution >= 4 is 5.91 Å².